The smallest absolute Gasteiger partial charge is 0.305 e. The second-order valence-corrected chi connectivity index (χ2v) is 4.76. The van der Waals surface area contributed by atoms with E-state index in [9.17, 15) is 9.59 Å². The Balaban J connectivity index is 0.000000388. The second kappa shape index (κ2) is 11.5. The van der Waals surface area contributed by atoms with E-state index in [4.69, 9.17) is 23.2 Å². The highest BCUT2D eigenvalue weighted by Gasteiger charge is 2.08. The van der Waals surface area contributed by atoms with Crippen molar-refractivity contribution in [2.45, 2.75) is 19.3 Å². The van der Waals surface area contributed by atoms with Crippen molar-refractivity contribution in [2.24, 2.45) is 5.92 Å². The van der Waals surface area contributed by atoms with E-state index in [0.29, 0.717) is 29.3 Å². The van der Waals surface area contributed by atoms with Gasteiger partial charge in [-0.25, -0.2) is 0 Å². The van der Waals surface area contributed by atoms with Crippen LogP contribution in [0.5, 0.6) is 0 Å². The van der Waals surface area contributed by atoms with Crippen LogP contribution in [0, 0.1) is 5.92 Å². The molecule has 1 aromatic rings. The Labute approximate surface area is 129 Å². The third-order valence-corrected chi connectivity index (χ3v) is 3.19. The normalized spacial score (nSPS) is 10.8. The molecule has 110 valence electrons. The lowest BCUT2D eigenvalue weighted by atomic mass is 10.0. The molecule has 0 unspecified atom stereocenters. The van der Waals surface area contributed by atoms with Gasteiger partial charge < -0.3 is 9.53 Å². The molecule has 0 bridgehead atoms. The number of rotatable bonds is 6. The molecule has 0 saturated heterocycles. The molecule has 0 aromatic heterocycles. The van der Waals surface area contributed by atoms with Crippen molar-refractivity contribution in [2.75, 3.05) is 7.11 Å². The molecule has 20 heavy (non-hydrogen) atoms. The largest absolute Gasteiger partial charge is 0.469 e. The molecule has 0 spiro atoms. The third-order valence-electron chi connectivity index (χ3n) is 2.43. The molecule has 0 N–H and O–H groups in total. The lowest BCUT2D eigenvalue weighted by Gasteiger charge is -2.04. The van der Waals surface area contributed by atoms with E-state index in [1.807, 2.05) is 12.1 Å². The Morgan fingerprint density at radius 3 is 2.25 bits per heavy atom. The molecule has 0 aliphatic rings. The Morgan fingerprint density at radius 1 is 1.35 bits per heavy atom. The van der Waals surface area contributed by atoms with Crippen molar-refractivity contribution in [3.05, 3.63) is 47.0 Å². The topological polar surface area (TPSA) is 43.4 Å². The van der Waals surface area contributed by atoms with E-state index in [2.05, 4.69) is 11.3 Å². The molecule has 1 aromatic carbocycles. The summed E-state index contributed by atoms with van der Waals surface area (Å²) in [6.07, 6.45) is 4.00. The monoisotopic (exact) mass is 316 g/mol. The molecule has 0 saturated carbocycles. The fourth-order valence-corrected chi connectivity index (χ4v) is 1.57. The highest BCUT2D eigenvalue weighted by Crippen LogP contribution is 2.19. The van der Waals surface area contributed by atoms with Crippen molar-refractivity contribution in [3.8, 4) is 0 Å². The summed E-state index contributed by atoms with van der Waals surface area (Å²) in [5.41, 5.74) is 0. The summed E-state index contributed by atoms with van der Waals surface area (Å²) in [6.45, 7) is 3.52. The minimum absolute atomic E-state index is 0.0957. The predicted molar refractivity (Wildman–Crippen MR) is 82.1 cm³/mol. The first-order valence-electron chi connectivity index (χ1n) is 6.08. The molecule has 0 amide bonds. The maximum absolute atomic E-state index is 10.7. The highest BCUT2D eigenvalue weighted by molar-refractivity contribution is 6.41. The lowest BCUT2D eigenvalue weighted by molar-refractivity contribution is -0.140. The first-order valence-corrected chi connectivity index (χ1v) is 6.83. The quantitative estimate of drug-likeness (QED) is 0.446. The summed E-state index contributed by atoms with van der Waals surface area (Å²) < 4.78 is 4.44. The average molecular weight is 317 g/mol. The van der Waals surface area contributed by atoms with Crippen LogP contribution in [0.25, 0.3) is 0 Å². The Morgan fingerprint density at radius 2 is 1.90 bits per heavy atom. The highest BCUT2D eigenvalue weighted by atomic mass is 35.5. The first-order chi connectivity index (χ1) is 9.54. The number of ether oxygens (including phenoxy) is 1. The molecule has 5 heteroatoms. The van der Waals surface area contributed by atoms with Gasteiger partial charge in [0.05, 0.1) is 17.2 Å². The van der Waals surface area contributed by atoms with Crippen molar-refractivity contribution in [1.82, 2.24) is 0 Å². The van der Waals surface area contributed by atoms with Gasteiger partial charge in [0, 0.05) is 12.3 Å². The zero-order chi connectivity index (χ0) is 15.4. The Hall–Kier alpha value is -1.32. The lowest BCUT2D eigenvalue weighted by Crippen LogP contribution is -2.06. The SMILES string of the molecule is C=CC[C@@H](C=O)CCC(=O)OC.Clc1ccccc1Cl. The van der Waals surface area contributed by atoms with Crippen LogP contribution in [0.4, 0.5) is 0 Å². The standard InChI is InChI=1S/C9H14O3.C6H4Cl2/c1-3-4-8(7-10)5-6-9(11)12-2;7-5-3-1-2-4-6(5)8/h3,7-8H,1,4-6H2,2H3;1-4H/t8-;/m1./s1. The summed E-state index contributed by atoms with van der Waals surface area (Å²) in [6, 6.07) is 7.19. The molecule has 0 aliphatic heterocycles. The van der Waals surface area contributed by atoms with Gasteiger partial charge in [0.1, 0.15) is 6.29 Å². The first kappa shape index (κ1) is 18.7. The maximum Gasteiger partial charge on any atom is 0.305 e. The van der Waals surface area contributed by atoms with Crippen LogP contribution in [0.1, 0.15) is 19.3 Å². The van der Waals surface area contributed by atoms with Crippen LogP contribution in [-0.2, 0) is 14.3 Å². The average Bonchev–Trinajstić information content (AvgIpc) is 2.46. The van der Waals surface area contributed by atoms with Crippen molar-refractivity contribution in [1.29, 1.82) is 0 Å². The summed E-state index contributed by atoms with van der Waals surface area (Å²) in [7, 11) is 1.34. The van der Waals surface area contributed by atoms with Crippen molar-refractivity contribution < 1.29 is 14.3 Å². The van der Waals surface area contributed by atoms with Crippen LogP contribution >= 0.6 is 23.2 Å². The summed E-state index contributed by atoms with van der Waals surface area (Å²) in [5, 5.41) is 1.21. The van der Waals surface area contributed by atoms with Gasteiger partial charge in [-0.3, -0.25) is 4.79 Å². The number of halogens is 2. The molecular weight excluding hydrogens is 299 g/mol. The number of benzene rings is 1. The Kier molecular flexibility index (Phi) is 10.7. The van der Waals surface area contributed by atoms with Gasteiger partial charge in [0.15, 0.2) is 0 Å². The number of methoxy groups -OCH3 is 1. The van der Waals surface area contributed by atoms with Crippen LogP contribution in [0.15, 0.2) is 36.9 Å². The van der Waals surface area contributed by atoms with Crippen molar-refractivity contribution in [3.63, 3.8) is 0 Å². The molecule has 0 aliphatic carbocycles. The number of esters is 1. The fraction of sp³-hybridized carbons (Fsp3) is 0.333. The Bertz CT molecular complexity index is 412. The van der Waals surface area contributed by atoms with E-state index < -0.39 is 0 Å². The van der Waals surface area contributed by atoms with Gasteiger partial charge in [-0.15, -0.1) is 6.58 Å². The number of carbonyl (C=O) groups is 2. The van der Waals surface area contributed by atoms with Gasteiger partial charge >= 0.3 is 5.97 Å². The van der Waals surface area contributed by atoms with Gasteiger partial charge in [0.25, 0.3) is 0 Å². The zero-order valence-corrected chi connectivity index (χ0v) is 12.9. The molecular formula is C15H18Cl2O3. The maximum atomic E-state index is 10.7. The predicted octanol–water partition coefficient (Wildman–Crippen LogP) is 4.32. The van der Waals surface area contributed by atoms with Crippen LogP contribution < -0.4 is 0 Å². The second-order valence-electron chi connectivity index (χ2n) is 3.95. The van der Waals surface area contributed by atoms with E-state index in [1.54, 1.807) is 18.2 Å². The van der Waals surface area contributed by atoms with Crippen LogP contribution in [0.3, 0.4) is 0 Å². The number of aldehydes is 1. The molecule has 3 nitrogen and oxygen atoms in total. The molecule has 1 atom stereocenters. The van der Waals surface area contributed by atoms with Gasteiger partial charge in [0.2, 0.25) is 0 Å². The molecule has 0 heterocycles. The molecule has 0 radical (unpaired) electrons. The number of hydrogen-bond donors (Lipinski definition) is 0. The zero-order valence-electron chi connectivity index (χ0n) is 11.4. The minimum atomic E-state index is -0.272. The fourth-order valence-electron chi connectivity index (χ4n) is 1.30. The van der Waals surface area contributed by atoms with Crippen LogP contribution in [0.2, 0.25) is 10.0 Å². The number of allylic oxidation sites excluding steroid dienone is 1. The molecule has 1 rings (SSSR count). The van der Waals surface area contributed by atoms with Gasteiger partial charge in [-0.1, -0.05) is 41.4 Å². The third kappa shape index (κ3) is 8.73. The summed E-state index contributed by atoms with van der Waals surface area (Å²) in [5.74, 6) is -0.368. The van der Waals surface area contributed by atoms with E-state index >= 15 is 0 Å². The summed E-state index contributed by atoms with van der Waals surface area (Å²) in [4.78, 5) is 21.1. The van der Waals surface area contributed by atoms with E-state index in [-0.39, 0.29) is 11.9 Å². The van der Waals surface area contributed by atoms with Gasteiger partial charge in [-0.2, -0.15) is 0 Å². The molecule has 0 fully saturated rings. The van der Waals surface area contributed by atoms with E-state index in [0.717, 1.165) is 6.29 Å². The van der Waals surface area contributed by atoms with Gasteiger partial charge in [-0.05, 0) is 25.0 Å². The number of hydrogen-bond acceptors (Lipinski definition) is 3. The van der Waals surface area contributed by atoms with Crippen molar-refractivity contribution >= 4 is 35.5 Å². The van der Waals surface area contributed by atoms with Crippen LogP contribution in [-0.4, -0.2) is 19.4 Å². The summed E-state index contributed by atoms with van der Waals surface area (Å²) >= 11 is 11.2. The number of carbonyl (C=O) groups excluding carboxylic acids is 2. The minimum Gasteiger partial charge on any atom is -0.469 e. The van der Waals surface area contributed by atoms with E-state index in [1.165, 1.54) is 7.11 Å².